The standard InChI is InChI=1S/C15H14N2O/c1-10(13-8-7-12(16)9-14(13)17)15(18)11-5-3-2-4-6-11/h2-9H,1,16-17H2. The molecule has 2 rings (SSSR count). The first kappa shape index (κ1) is 11.9. The van der Waals surface area contributed by atoms with Crippen LogP contribution in [0.15, 0.2) is 55.1 Å². The molecule has 0 saturated carbocycles. The summed E-state index contributed by atoms with van der Waals surface area (Å²) in [5, 5.41) is 0. The number of hydrogen-bond acceptors (Lipinski definition) is 3. The first-order valence-electron chi connectivity index (χ1n) is 5.53. The highest BCUT2D eigenvalue weighted by molar-refractivity contribution is 6.29. The molecule has 0 aliphatic rings. The third-order valence-electron chi connectivity index (χ3n) is 2.71. The SMILES string of the molecule is C=C(C(=O)c1ccccc1)c1ccc(N)cc1N. The van der Waals surface area contributed by atoms with Crippen LogP contribution in [0.25, 0.3) is 5.57 Å². The van der Waals surface area contributed by atoms with Gasteiger partial charge >= 0.3 is 0 Å². The molecule has 0 aliphatic heterocycles. The highest BCUT2D eigenvalue weighted by Gasteiger charge is 2.13. The molecule has 0 bridgehead atoms. The van der Waals surface area contributed by atoms with Crippen LogP contribution in [0.2, 0.25) is 0 Å². The molecule has 3 heteroatoms. The van der Waals surface area contributed by atoms with E-state index in [9.17, 15) is 4.79 Å². The predicted molar refractivity (Wildman–Crippen MR) is 75.1 cm³/mol. The van der Waals surface area contributed by atoms with Crippen LogP contribution in [0.5, 0.6) is 0 Å². The van der Waals surface area contributed by atoms with Gasteiger partial charge in [-0.2, -0.15) is 0 Å². The Kier molecular flexibility index (Phi) is 3.15. The average molecular weight is 238 g/mol. The van der Waals surface area contributed by atoms with E-state index >= 15 is 0 Å². The van der Waals surface area contributed by atoms with E-state index in [4.69, 9.17) is 11.5 Å². The molecule has 0 spiro atoms. The molecule has 2 aromatic carbocycles. The zero-order chi connectivity index (χ0) is 13.1. The Bertz CT molecular complexity index is 603. The molecule has 0 heterocycles. The number of ketones is 1. The molecule has 0 atom stereocenters. The summed E-state index contributed by atoms with van der Waals surface area (Å²) in [4.78, 5) is 12.2. The van der Waals surface area contributed by atoms with Crippen molar-refractivity contribution in [2.75, 3.05) is 11.5 Å². The van der Waals surface area contributed by atoms with Gasteiger partial charge in [0.15, 0.2) is 5.78 Å². The van der Waals surface area contributed by atoms with Crippen molar-refractivity contribution in [2.45, 2.75) is 0 Å². The number of hydrogen-bond donors (Lipinski definition) is 2. The minimum Gasteiger partial charge on any atom is -0.399 e. The molecule has 0 radical (unpaired) electrons. The second kappa shape index (κ2) is 4.75. The maximum atomic E-state index is 12.2. The van der Waals surface area contributed by atoms with Gasteiger partial charge in [0, 0.05) is 28.1 Å². The zero-order valence-corrected chi connectivity index (χ0v) is 9.89. The fourth-order valence-corrected chi connectivity index (χ4v) is 1.74. The summed E-state index contributed by atoms with van der Waals surface area (Å²) in [6.07, 6.45) is 0. The molecular weight excluding hydrogens is 224 g/mol. The van der Waals surface area contributed by atoms with Crippen LogP contribution in [-0.2, 0) is 0 Å². The van der Waals surface area contributed by atoms with Gasteiger partial charge in [0.1, 0.15) is 0 Å². The van der Waals surface area contributed by atoms with Crippen molar-refractivity contribution < 1.29 is 4.79 Å². The lowest BCUT2D eigenvalue weighted by Gasteiger charge is -2.09. The first-order valence-corrected chi connectivity index (χ1v) is 5.53. The summed E-state index contributed by atoms with van der Waals surface area (Å²) in [7, 11) is 0. The number of rotatable bonds is 3. The van der Waals surface area contributed by atoms with Gasteiger partial charge in [0.05, 0.1) is 0 Å². The van der Waals surface area contributed by atoms with E-state index in [1.54, 1.807) is 30.3 Å². The molecule has 3 nitrogen and oxygen atoms in total. The van der Waals surface area contributed by atoms with Crippen LogP contribution in [0.3, 0.4) is 0 Å². The monoisotopic (exact) mass is 238 g/mol. The van der Waals surface area contributed by atoms with Gasteiger partial charge in [-0.15, -0.1) is 0 Å². The summed E-state index contributed by atoms with van der Waals surface area (Å²) < 4.78 is 0. The van der Waals surface area contributed by atoms with Crippen LogP contribution in [0.1, 0.15) is 15.9 Å². The summed E-state index contributed by atoms with van der Waals surface area (Å²) >= 11 is 0. The van der Waals surface area contributed by atoms with Gasteiger partial charge in [0.2, 0.25) is 0 Å². The normalized spacial score (nSPS) is 10.0. The van der Waals surface area contributed by atoms with Crippen molar-refractivity contribution in [2.24, 2.45) is 0 Å². The number of benzene rings is 2. The van der Waals surface area contributed by atoms with Crippen molar-refractivity contribution >= 4 is 22.7 Å². The Labute approximate surface area is 106 Å². The minimum absolute atomic E-state index is 0.132. The summed E-state index contributed by atoms with van der Waals surface area (Å²) in [6, 6.07) is 14.0. The number of carbonyl (C=O) groups excluding carboxylic acids is 1. The Hall–Kier alpha value is -2.55. The van der Waals surface area contributed by atoms with Crippen molar-refractivity contribution in [3.8, 4) is 0 Å². The largest absolute Gasteiger partial charge is 0.399 e. The Morgan fingerprint density at radius 1 is 1.00 bits per heavy atom. The molecule has 2 aromatic rings. The van der Waals surface area contributed by atoms with Crippen molar-refractivity contribution in [3.05, 3.63) is 66.2 Å². The lowest BCUT2D eigenvalue weighted by Crippen LogP contribution is -2.04. The number of carbonyl (C=O) groups is 1. The van der Waals surface area contributed by atoms with Gasteiger partial charge in [0.25, 0.3) is 0 Å². The lowest BCUT2D eigenvalue weighted by molar-refractivity contribution is 0.105. The van der Waals surface area contributed by atoms with E-state index in [1.807, 2.05) is 18.2 Å². The van der Waals surface area contributed by atoms with E-state index in [1.165, 1.54) is 0 Å². The van der Waals surface area contributed by atoms with Gasteiger partial charge in [-0.25, -0.2) is 0 Å². The molecule has 0 unspecified atom stereocenters. The van der Waals surface area contributed by atoms with Crippen LogP contribution >= 0.6 is 0 Å². The molecule has 0 fully saturated rings. The number of anilines is 2. The topological polar surface area (TPSA) is 69.1 Å². The number of Topliss-reactive ketones (excluding diaryl/α,β-unsaturated/α-hetero) is 1. The second-order valence-electron chi connectivity index (χ2n) is 4.02. The second-order valence-corrected chi connectivity index (χ2v) is 4.02. The molecule has 4 N–H and O–H groups in total. The lowest BCUT2D eigenvalue weighted by atomic mass is 9.97. The maximum absolute atomic E-state index is 12.2. The van der Waals surface area contributed by atoms with Gasteiger partial charge in [-0.1, -0.05) is 43.0 Å². The van der Waals surface area contributed by atoms with Gasteiger partial charge in [-0.05, 0) is 12.1 Å². The number of nitrogen functional groups attached to an aromatic ring is 2. The van der Waals surface area contributed by atoms with E-state index in [2.05, 4.69) is 6.58 Å². The summed E-state index contributed by atoms with van der Waals surface area (Å²) in [6.45, 7) is 3.82. The van der Waals surface area contributed by atoms with Crippen molar-refractivity contribution in [1.82, 2.24) is 0 Å². The van der Waals surface area contributed by atoms with Crippen LogP contribution in [0, 0.1) is 0 Å². The van der Waals surface area contributed by atoms with Crippen LogP contribution in [-0.4, -0.2) is 5.78 Å². The van der Waals surface area contributed by atoms with E-state index in [0.29, 0.717) is 28.1 Å². The highest BCUT2D eigenvalue weighted by Crippen LogP contribution is 2.25. The fraction of sp³-hybridized carbons (Fsp3) is 0. The number of allylic oxidation sites excluding steroid dienone is 1. The van der Waals surface area contributed by atoms with E-state index in [-0.39, 0.29) is 5.78 Å². The molecular formula is C15H14N2O. The molecule has 90 valence electrons. The van der Waals surface area contributed by atoms with Crippen molar-refractivity contribution in [1.29, 1.82) is 0 Å². The molecule has 0 saturated heterocycles. The smallest absolute Gasteiger partial charge is 0.193 e. The fourth-order valence-electron chi connectivity index (χ4n) is 1.74. The summed E-state index contributed by atoms with van der Waals surface area (Å²) in [5.41, 5.74) is 14.1. The third-order valence-corrected chi connectivity index (χ3v) is 2.71. The Balaban J connectivity index is 2.35. The highest BCUT2D eigenvalue weighted by atomic mass is 16.1. The number of nitrogens with two attached hydrogens (primary N) is 2. The van der Waals surface area contributed by atoms with Crippen molar-refractivity contribution in [3.63, 3.8) is 0 Å². The zero-order valence-electron chi connectivity index (χ0n) is 9.89. The Morgan fingerprint density at radius 2 is 1.67 bits per heavy atom. The van der Waals surface area contributed by atoms with Crippen LogP contribution < -0.4 is 11.5 Å². The maximum Gasteiger partial charge on any atom is 0.193 e. The van der Waals surface area contributed by atoms with Gasteiger partial charge < -0.3 is 11.5 Å². The predicted octanol–water partition coefficient (Wildman–Crippen LogP) is 2.75. The molecule has 0 aliphatic carbocycles. The van der Waals surface area contributed by atoms with E-state index in [0.717, 1.165) is 0 Å². The Morgan fingerprint density at radius 3 is 2.28 bits per heavy atom. The average Bonchev–Trinajstić information content (AvgIpc) is 2.38. The van der Waals surface area contributed by atoms with E-state index < -0.39 is 0 Å². The molecule has 0 amide bonds. The minimum atomic E-state index is -0.132. The van der Waals surface area contributed by atoms with Crippen LogP contribution in [0.4, 0.5) is 11.4 Å². The third kappa shape index (κ3) is 2.25. The quantitative estimate of drug-likeness (QED) is 0.490. The van der Waals surface area contributed by atoms with Gasteiger partial charge in [-0.3, -0.25) is 4.79 Å². The molecule has 18 heavy (non-hydrogen) atoms. The first-order chi connectivity index (χ1) is 8.59. The summed E-state index contributed by atoms with van der Waals surface area (Å²) in [5.74, 6) is -0.132. The molecule has 0 aromatic heterocycles.